The van der Waals surface area contributed by atoms with Crippen molar-refractivity contribution in [2.45, 2.75) is 12.1 Å². The maximum Gasteiger partial charge on any atom is 0.174 e. The standard InChI is InChI=1S/C21H19BrClN3O2S2/c1-27-8-9-28-17-6-5-14(11-15(17)23)26-20(18-10-13(22)12-30-18)19(25-21(26)29)16-4-2-3-7-24-16/h2-7,10-12,19-20H,8-9H2,1H3,(H,25,29)/t19-,20+/m0/s1. The van der Waals surface area contributed by atoms with Crippen molar-refractivity contribution < 1.29 is 9.47 Å². The van der Waals surface area contributed by atoms with Crippen molar-refractivity contribution in [2.75, 3.05) is 25.2 Å². The molecule has 0 spiro atoms. The number of anilines is 1. The smallest absolute Gasteiger partial charge is 0.174 e. The summed E-state index contributed by atoms with van der Waals surface area (Å²) in [4.78, 5) is 7.83. The lowest BCUT2D eigenvalue weighted by Gasteiger charge is -2.27. The molecule has 1 saturated heterocycles. The number of halogens is 2. The number of rotatable bonds is 7. The van der Waals surface area contributed by atoms with Gasteiger partial charge >= 0.3 is 0 Å². The summed E-state index contributed by atoms with van der Waals surface area (Å²) in [6.07, 6.45) is 1.80. The summed E-state index contributed by atoms with van der Waals surface area (Å²) >= 11 is 17.5. The lowest BCUT2D eigenvalue weighted by Crippen LogP contribution is -2.29. The van der Waals surface area contributed by atoms with Gasteiger partial charge in [0.1, 0.15) is 12.4 Å². The largest absolute Gasteiger partial charge is 0.490 e. The molecule has 4 rings (SSSR count). The molecule has 3 heterocycles. The van der Waals surface area contributed by atoms with Crippen molar-refractivity contribution >= 4 is 61.9 Å². The third-order valence-corrected chi connectivity index (χ3v) is 7.09. The van der Waals surface area contributed by atoms with Crippen LogP contribution in [-0.2, 0) is 4.74 Å². The molecule has 2 aromatic heterocycles. The first-order chi connectivity index (χ1) is 14.6. The van der Waals surface area contributed by atoms with E-state index >= 15 is 0 Å². The fraction of sp³-hybridized carbons (Fsp3) is 0.238. The number of hydrogen-bond acceptors (Lipinski definition) is 5. The molecule has 3 aromatic rings. The molecule has 1 aliphatic heterocycles. The molecule has 156 valence electrons. The first-order valence-corrected chi connectivity index (χ1v) is 11.7. The second kappa shape index (κ2) is 9.62. The number of benzene rings is 1. The number of aromatic nitrogens is 1. The maximum atomic E-state index is 6.51. The van der Waals surface area contributed by atoms with Gasteiger partial charge in [-0.2, -0.15) is 0 Å². The van der Waals surface area contributed by atoms with Gasteiger partial charge in [-0.3, -0.25) is 4.98 Å². The molecule has 0 unspecified atom stereocenters. The Balaban J connectivity index is 1.70. The quantitative estimate of drug-likeness (QED) is 0.313. The van der Waals surface area contributed by atoms with Crippen LogP contribution in [0.25, 0.3) is 0 Å². The van der Waals surface area contributed by atoms with Crippen molar-refractivity contribution in [1.82, 2.24) is 10.3 Å². The van der Waals surface area contributed by atoms with E-state index in [0.717, 1.165) is 15.9 Å². The Hall–Kier alpha value is -1.71. The number of hydrogen-bond donors (Lipinski definition) is 1. The minimum Gasteiger partial charge on any atom is -0.490 e. The molecule has 0 aliphatic carbocycles. The number of ether oxygens (including phenoxy) is 2. The van der Waals surface area contributed by atoms with Gasteiger partial charge in [0.15, 0.2) is 5.11 Å². The molecule has 0 saturated carbocycles. The van der Waals surface area contributed by atoms with Gasteiger partial charge < -0.3 is 19.7 Å². The van der Waals surface area contributed by atoms with Gasteiger partial charge in [0, 0.05) is 33.7 Å². The van der Waals surface area contributed by atoms with Crippen LogP contribution in [0.1, 0.15) is 22.7 Å². The topological polar surface area (TPSA) is 46.6 Å². The van der Waals surface area contributed by atoms with Crippen LogP contribution in [0, 0.1) is 0 Å². The molecule has 0 amide bonds. The van der Waals surface area contributed by atoms with Crippen molar-refractivity contribution in [3.05, 3.63) is 74.1 Å². The fourth-order valence-electron chi connectivity index (χ4n) is 3.40. The van der Waals surface area contributed by atoms with E-state index in [9.17, 15) is 0 Å². The van der Waals surface area contributed by atoms with Gasteiger partial charge in [-0.15, -0.1) is 11.3 Å². The average Bonchev–Trinajstić information content (AvgIpc) is 3.33. The predicted octanol–water partition coefficient (Wildman–Crippen LogP) is 5.76. The summed E-state index contributed by atoms with van der Waals surface area (Å²) < 4.78 is 11.8. The summed E-state index contributed by atoms with van der Waals surface area (Å²) in [5.74, 6) is 0.618. The number of pyridine rings is 1. The van der Waals surface area contributed by atoms with E-state index in [2.05, 4.69) is 42.6 Å². The van der Waals surface area contributed by atoms with Gasteiger partial charge in [0.05, 0.1) is 29.4 Å². The molecule has 1 N–H and O–H groups in total. The van der Waals surface area contributed by atoms with Crippen molar-refractivity contribution in [3.8, 4) is 5.75 Å². The number of thiophene rings is 1. The molecule has 30 heavy (non-hydrogen) atoms. The number of nitrogens with one attached hydrogen (secondary N) is 1. The van der Waals surface area contributed by atoms with Gasteiger partial charge in [-0.1, -0.05) is 17.7 Å². The Morgan fingerprint density at radius 2 is 2.13 bits per heavy atom. The van der Waals surface area contributed by atoms with Gasteiger partial charge in [-0.25, -0.2) is 0 Å². The van der Waals surface area contributed by atoms with Gasteiger partial charge in [0.2, 0.25) is 0 Å². The van der Waals surface area contributed by atoms with E-state index < -0.39 is 0 Å². The summed E-state index contributed by atoms with van der Waals surface area (Å²) in [6, 6.07) is 13.6. The molecular formula is C21H19BrClN3O2S2. The van der Waals surface area contributed by atoms with Crippen LogP contribution in [0.4, 0.5) is 5.69 Å². The minimum atomic E-state index is -0.0827. The molecule has 1 aliphatic rings. The molecule has 5 nitrogen and oxygen atoms in total. The molecule has 0 radical (unpaired) electrons. The molecule has 2 atom stereocenters. The Kier molecular flexibility index (Phi) is 6.90. The highest BCUT2D eigenvalue weighted by Crippen LogP contribution is 2.45. The first kappa shape index (κ1) is 21.5. The van der Waals surface area contributed by atoms with Crippen molar-refractivity contribution in [2.24, 2.45) is 0 Å². The monoisotopic (exact) mass is 523 g/mol. The van der Waals surface area contributed by atoms with E-state index in [0.29, 0.717) is 29.1 Å². The van der Waals surface area contributed by atoms with Crippen molar-refractivity contribution in [3.63, 3.8) is 0 Å². The van der Waals surface area contributed by atoms with E-state index in [1.165, 1.54) is 4.88 Å². The molecule has 0 bridgehead atoms. The second-order valence-corrected chi connectivity index (χ2v) is 9.27. The fourth-order valence-corrected chi connectivity index (χ4v) is 5.54. The van der Waals surface area contributed by atoms with Gasteiger partial charge in [0.25, 0.3) is 0 Å². The normalized spacial score (nSPS) is 18.5. The van der Waals surface area contributed by atoms with Crippen LogP contribution in [0.15, 0.2) is 58.5 Å². The zero-order chi connectivity index (χ0) is 21.1. The molecular weight excluding hydrogens is 506 g/mol. The SMILES string of the molecule is COCCOc1ccc(N2C(=S)N[C@@H](c3ccccn3)[C@H]2c2cc(Br)cs2)cc1Cl. The molecule has 9 heteroatoms. The number of nitrogens with zero attached hydrogens (tertiary/aromatic N) is 2. The Morgan fingerprint density at radius 1 is 1.27 bits per heavy atom. The first-order valence-electron chi connectivity index (χ1n) is 9.24. The van der Waals surface area contributed by atoms with Crippen LogP contribution in [0.2, 0.25) is 5.02 Å². The highest BCUT2D eigenvalue weighted by atomic mass is 79.9. The average molecular weight is 525 g/mol. The summed E-state index contributed by atoms with van der Waals surface area (Å²) in [5, 5.41) is 6.68. The zero-order valence-corrected chi connectivity index (χ0v) is 20.0. The van der Waals surface area contributed by atoms with E-state index in [4.69, 9.17) is 33.3 Å². The summed E-state index contributed by atoms with van der Waals surface area (Å²) in [5.41, 5.74) is 1.83. The zero-order valence-electron chi connectivity index (χ0n) is 16.0. The van der Waals surface area contributed by atoms with Crippen LogP contribution in [-0.4, -0.2) is 30.4 Å². The molecule has 1 aromatic carbocycles. The minimum absolute atomic E-state index is 0.0555. The lowest BCUT2D eigenvalue weighted by molar-refractivity contribution is 0.146. The second-order valence-electron chi connectivity index (χ2n) is 6.62. The predicted molar refractivity (Wildman–Crippen MR) is 129 cm³/mol. The highest BCUT2D eigenvalue weighted by molar-refractivity contribution is 9.10. The summed E-state index contributed by atoms with van der Waals surface area (Å²) in [6.45, 7) is 0.937. The van der Waals surface area contributed by atoms with E-state index in [1.54, 1.807) is 24.6 Å². The molecule has 1 fully saturated rings. The van der Waals surface area contributed by atoms with Crippen LogP contribution in [0.5, 0.6) is 5.75 Å². The number of methoxy groups -OCH3 is 1. The van der Waals surface area contributed by atoms with E-state index in [-0.39, 0.29) is 12.1 Å². The third kappa shape index (κ3) is 4.48. The van der Waals surface area contributed by atoms with Gasteiger partial charge in [-0.05, 0) is 64.5 Å². The van der Waals surface area contributed by atoms with Crippen LogP contribution >= 0.6 is 51.1 Å². The summed E-state index contributed by atoms with van der Waals surface area (Å²) in [7, 11) is 1.64. The third-order valence-electron chi connectivity index (χ3n) is 4.72. The lowest BCUT2D eigenvalue weighted by atomic mass is 10.0. The maximum absolute atomic E-state index is 6.51. The van der Waals surface area contributed by atoms with Crippen molar-refractivity contribution in [1.29, 1.82) is 0 Å². The number of thiocarbonyl (C=S) groups is 1. The Labute approximate surface area is 198 Å². The van der Waals surface area contributed by atoms with E-state index in [1.807, 2.05) is 36.4 Å². The Morgan fingerprint density at radius 3 is 2.80 bits per heavy atom. The van der Waals surface area contributed by atoms with Crippen LogP contribution < -0.4 is 15.0 Å². The Bertz CT molecular complexity index is 1030. The van der Waals surface area contributed by atoms with Crippen LogP contribution in [0.3, 0.4) is 0 Å². The highest BCUT2D eigenvalue weighted by Gasteiger charge is 2.41.